The summed E-state index contributed by atoms with van der Waals surface area (Å²) in [5, 5.41) is 19.1. The zero-order valence-corrected chi connectivity index (χ0v) is 16.9. The van der Waals surface area contributed by atoms with E-state index in [0.717, 1.165) is 16.1 Å². The summed E-state index contributed by atoms with van der Waals surface area (Å²) in [4.78, 5) is 25.6. The van der Waals surface area contributed by atoms with Gasteiger partial charge in [0.25, 0.3) is 11.8 Å². The van der Waals surface area contributed by atoms with Crippen molar-refractivity contribution in [2.45, 2.75) is 40.2 Å². The van der Waals surface area contributed by atoms with Crippen LogP contribution in [0.3, 0.4) is 0 Å². The van der Waals surface area contributed by atoms with E-state index in [4.69, 9.17) is 10.0 Å². The quantitative estimate of drug-likeness (QED) is 0.538. The van der Waals surface area contributed by atoms with Gasteiger partial charge in [-0.25, -0.2) is 13.8 Å². The van der Waals surface area contributed by atoms with E-state index in [0.29, 0.717) is 17.7 Å². The highest BCUT2D eigenvalue weighted by Crippen LogP contribution is 2.19. The Hall–Kier alpha value is -2.78. The number of halogens is 2. The summed E-state index contributed by atoms with van der Waals surface area (Å²) < 4.78 is 28.5. The minimum Gasteiger partial charge on any atom is -0.423 e. The van der Waals surface area contributed by atoms with Gasteiger partial charge in [0.05, 0.1) is 5.54 Å². The Balaban J connectivity index is 2.41. The number of nitrogens with one attached hydrogen (secondary N) is 1. The Kier molecular flexibility index (Phi) is 6.45. The van der Waals surface area contributed by atoms with Crippen LogP contribution in [0.1, 0.15) is 52.6 Å². The third-order valence-electron chi connectivity index (χ3n) is 4.15. The molecule has 6 nitrogen and oxygen atoms in total. The molecule has 154 valence electrons. The highest BCUT2D eigenvalue weighted by Gasteiger charge is 2.32. The number of amides is 2. The molecule has 2 amide bonds. The third kappa shape index (κ3) is 5.19. The molecule has 0 saturated carbocycles. The Morgan fingerprint density at radius 3 is 1.86 bits per heavy atom. The maximum Gasteiger partial charge on any atom is 0.488 e. The smallest absolute Gasteiger partial charge is 0.423 e. The number of hydrazine groups is 1. The average Bonchev–Trinajstić information content (AvgIpc) is 2.56. The topological polar surface area (TPSA) is 89.9 Å². The number of benzene rings is 2. The van der Waals surface area contributed by atoms with Crippen LogP contribution in [0, 0.1) is 25.5 Å². The van der Waals surface area contributed by atoms with E-state index in [1.54, 1.807) is 32.9 Å². The molecule has 0 aliphatic rings. The van der Waals surface area contributed by atoms with Crippen molar-refractivity contribution in [2.24, 2.45) is 0 Å². The summed E-state index contributed by atoms with van der Waals surface area (Å²) in [5.41, 5.74) is 2.03. The molecule has 2 aromatic carbocycles. The lowest BCUT2D eigenvalue weighted by Crippen LogP contribution is -2.56. The summed E-state index contributed by atoms with van der Waals surface area (Å²) in [6.07, 6.45) is 0. The Bertz CT molecular complexity index is 915. The van der Waals surface area contributed by atoms with Gasteiger partial charge in [0, 0.05) is 5.56 Å². The standard InChI is InChI=1S/C20H23BF2N2O4/c1-11-6-12(2)8-13(7-11)19(27)25(20(3,4)5)24-18(26)17-15(22)9-14(21(28)29)10-16(17)23/h6-10,28-29H,1-5H3,(H,24,26). The fraction of sp³-hybridized carbons (Fsp3) is 0.300. The zero-order valence-electron chi connectivity index (χ0n) is 16.9. The van der Waals surface area contributed by atoms with E-state index in [9.17, 15) is 18.4 Å². The number of rotatable bonds is 3. The lowest BCUT2D eigenvalue weighted by Gasteiger charge is -2.35. The van der Waals surface area contributed by atoms with Crippen LogP contribution in [0.5, 0.6) is 0 Å². The molecule has 0 bridgehead atoms. The van der Waals surface area contributed by atoms with Crippen LogP contribution in [-0.4, -0.2) is 39.5 Å². The summed E-state index contributed by atoms with van der Waals surface area (Å²) in [6.45, 7) is 8.63. The van der Waals surface area contributed by atoms with Crippen LogP contribution in [0.25, 0.3) is 0 Å². The lowest BCUT2D eigenvalue weighted by atomic mass is 9.79. The second-order valence-electron chi connectivity index (χ2n) is 7.86. The first kappa shape index (κ1) is 22.5. The molecule has 0 aliphatic carbocycles. The van der Waals surface area contributed by atoms with E-state index >= 15 is 0 Å². The summed E-state index contributed by atoms with van der Waals surface area (Å²) in [7, 11) is -2.09. The number of hydrogen-bond donors (Lipinski definition) is 3. The molecular weight excluding hydrogens is 381 g/mol. The Morgan fingerprint density at radius 2 is 1.45 bits per heavy atom. The summed E-state index contributed by atoms with van der Waals surface area (Å²) in [5.74, 6) is -4.27. The van der Waals surface area contributed by atoms with Gasteiger partial charge in [-0.1, -0.05) is 17.2 Å². The molecule has 0 atom stereocenters. The van der Waals surface area contributed by atoms with E-state index < -0.39 is 47.1 Å². The van der Waals surface area contributed by atoms with Gasteiger partial charge in [0.15, 0.2) is 0 Å². The van der Waals surface area contributed by atoms with Crippen molar-refractivity contribution in [3.8, 4) is 0 Å². The monoisotopic (exact) mass is 404 g/mol. The molecule has 3 N–H and O–H groups in total. The molecular formula is C20H23BF2N2O4. The molecule has 29 heavy (non-hydrogen) atoms. The molecule has 2 rings (SSSR count). The second-order valence-corrected chi connectivity index (χ2v) is 7.86. The van der Waals surface area contributed by atoms with Gasteiger partial charge in [0.1, 0.15) is 17.2 Å². The SMILES string of the molecule is Cc1cc(C)cc(C(=O)N(NC(=O)c2c(F)cc(B(O)O)cc2F)C(C)(C)C)c1. The molecule has 0 spiro atoms. The maximum absolute atomic E-state index is 14.3. The lowest BCUT2D eigenvalue weighted by molar-refractivity contribution is 0.0355. The van der Waals surface area contributed by atoms with E-state index in [1.807, 2.05) is 19.9 Å². The molecule has 9 heteroatoms. The fourth-order valence-corrected chi connectivity index (χ4v) is 2.87. The Morgan fingerprint density at radius 1 is 0.966 bits per heavy atom. The van der Waals surface area contributed by atoms with Crippen molar-refractivity contribution >= 4 is 24.4 Å². The number of carbonyl (C=O) groups is 2. The minimum absolute atomic E-state index is 0.317. The van der Waals surface area contributed by atoms with Crippen LogP contribution >= 0.6 is 0 Å². The molecule has 0 saturated heterocycles. The Labute approximate surface area is 168 Å². The molecule has 0 heterocycles. The van der Waals surface area contributed by atoms with Gasteiger partial charge in [-0.05, 0) is 64.3 Å². The third-order valence-corrected chi connectivity index (χ3v) is 4.15. The predicted molar refractivity (Wildman–Crippen MR) is 105 cm³/mol. The van der Waals surface area contributed by atoms with Gasteiger partial charge >= 0.3 is 7.12 Å². The largest absolute Gasteiger partial charge is 0.488 e. The maximum atomic E-state index is 14.3. The van der Waals surface area contributed by atoms with Crippen molar-refractivity contribution in [2.75, 3.05) is 0 Å². The van der Waals surface area contributed by atoms with Crippen molar-refractivity contribution in [3.05, 3.63) is 64.2 Å². The van der Waals surface area contributed by atoms with Gasteiger partial charge in [-0.15, -0.1) is 0 Å². The normalized spacial score (nSPS) is 11.2. The van der Waals surface area contributed by atoms with Crippen molar-refractivity contribution < 1.29 is 28.4 Å². The van der Waals surface area contributed by atoms with E-state index in [2.05, 4.69) is 5.43 Å². The van der Waals surface area contributed by atoms with Crippen LogP contribution in [0.15, 0.2) is 30.3 Å². The molecule has 0 fully saturated rings. The summed E-state index contributed by atoms with van der Waals surface area (Å²) >= 11 is 0. The second kappa shape index (κ2) is 8.30. The van der Waals surface area contributed by atoms with Gasteiger partial charge in [-0.3, -0.25) is 15.0 Å². The van der Waals surface area contributed by atoms with Gasteiger partial charge in [0.2, 0.25) is 0 Å². The molecule has 0 unspecified atom stereocenters. The number of aryl methyl sites for hydroxylation is 2. The van der Waals surface area contributed by atoms with Crippen molar-refractivity contribution in [1.82, 2.24) is 10.4 Å². The average molecular weight is 404 g/mol. The molecule has 0 aromatic heterocycles. The van der Waals surface area contributed by atoms with Gasteiger partial charge < -0.3 is 10.0 Å². The fourth-order valence-electron chi connectivity index (χ4n) is 2.87. The zero-order chi connectivity index (χ0) is 22.1. The van der Waals surface area contributed by atoms with Crippen molar-refractivity contribution in [1.29, 1.82) is 0 Å². The number of hydrogen-bond acceptors (Lipinski definition) is 4. The number of carbonyl (C=O) groups excluding carboxylic acids is 2. The van der Waals surface area contributed by atoms with Crippen LogP contribution in [0.4, 0.5) is 8.78 Å². The molecule has 0 aliphatic heterocycles. The van der Waals surface area contributed by atoms with E-state index in [1.165, 1.54) is 0 Å². The van der Waals surface area contributed by atoms with Crippen LogP contribution < -0.4 is 10.9 Å². The van der Waals surface area contributed by atoms with Gasteiger partial charge in [-0.2, -0.15) is 0 Å². The first-order valence-electron chi connectivity index (χ1n) is 8.90. The van der Waals surface area contributed by atoms with E-state index in [-0.39, 0.29) is 0 Å². The molecule has 0 radical (unpaired) electrons. The predicted octanol–water partition coefficient (Wildman–Crippen LogP) is 1.85. The van der Waals surface area contributed by atoms with Crippen LogP contribution in [-0.2, 0) is 0 Å². The summed E-state index contributed by atoms with van der Waals surface area (Å²) in [6, 6.07) is 6.49. The van der Waals surface area contributed by atoms with Crippen molar-refractivity contribution in [3.63, 3.8) is 0 Å². The minimum atomic E-state index is -2.09. The first-order chi connectivity index (χ1) is 13.3. The highest BCUT2D eigenvalue weighted by atomic mass is 19.1. The first-order valence-corrected chi connectivity index (χ1v) is 8.90. The van der Waals surface area contributed by atoms with Crippen LogP contribution in [0.2, 0.25) is 0 Å². The highest BCUT2D eigenvalue weighted by molar-refractivity contribution is 6.58. The number of nitrogens with zero attached hydrogens (tertiary/aromatic N) is 1. The molecule has 2 aromatic rings.